The summed E-state index contributed by atoms with van der Waals surface area (Å²) in [7, 11) is 0. The quantitative estimate of drug-likeness (QED) is 0.627. The number of nitrogens with one attached hydrogen (secondary N) is 2. The molecule has 2 rings (SSSR count). The van der Waals surface area contributed by atoms with Gasteiger partial charge < -0.3 is 5.32 Å². The molecule has 0 aliphatic carbocycles. The first-order chi connectivity index (χ1) is 11.2. The van der Waals surface area contributed by atoms with E-state index in [0.29, 0.717) is 17.0 Å². The van der Waals surface area contributed by atoms with Crippen molar-refractivity contribution >= 4 is 23.4 Å². The van der Waals surface area contributed by atoms with Gasteiger partial charge in [-0.1, -0.05) is 25.6 Å². The predicted molar refractivity (Wildman–Crippen MR) is 81.2 cm³/mol. The van der Waals surface area contributed by atoms with Crippen LogP contribution >= 0.6 is 11.8 Å². The van der Waals surface area contributed by atoms with Gasteiger partial charge in [-0.2, -0.15) is 13.2 Å². The van der Waals surface area contributed by atoms with Gasteiger partial charge in [0.2, 0.25) is 11.1 Å². The highest BCUT2D eigenvalue weighted by Gasteiger charge is 2.34. The Morgan fingerprint density at radius 3 is 2.67 bits per heavy atom. The van der Waals surface area contributed by atoms with Gasteiger partial charge in [0, 0.05) is 5.92 Å². The van der Waals surface area contributed by atoms with E-state index in [-0.39, 0.29) is 11.7 Å². The van der Waals surface area contributed by atoms with Crippen molar-refractivity contribution in [3.8, 4) is 0 Å². The van der Waals surface area contributed by atoms with Crippen LogP contribution < -0.4 is 5.32 Å². The summed E-state index contributed by atoms with van der Waals surface area (Å²) in [6, 6.07) is 2.07. The first kappa shape index (κ1) is 18.2. The molecule has 0 aliphatic rings. The van der Waals surface area contributed by atoms with Gasteiger partial charge in [-0.3, -0.25) is 9.89 Å². The van der Waals surface area contributed by atoms with Crippen LogP contribution in [0.3, 0.4) is 0 Å². The summed E-state index contributed by atoms with van der Waals surface area (Å²) >= 11 is 0.982. The maximum absolute atomic E-state index is 13.0. The van der Waals surface area contributed by atoms with Crippen LogP contribution in [0.2, 0.25) is 0 Å². The second kappa shape index (κ2) is 7.20. The lowest BCUT2D eigenvalue weighted by Gasteiger charge is -2.13. The Morgan fingerprint density at radius 2 is 2.08 bits per heavy atom. The highest BCUT2D eigenvalue weighted by molar-refractivity contribution is 7.99. The van der Waals surface area contributed by atoms with Crippen molar-refractivity contribution in [1.82, 2.24) is 15.2 Å². The zero-order valence-corrected chi connectivity index (χ0v) is 13.6. The minimum atomic E-state index is -4.77. The van der Waals surface area contributed by atoms with E-state index in [0.717, 1.165) is 23.9 Å². The fraction of sp³-hybridized carbons (Fsp3) is 0.357. The minimum Gasteiger partial charge on any atom is -0.325 e. The second-order valence-electron chi connectivity index (χ2n) is 5.18. The molecule has 0 saturated carbocycles. The molecule has 2 aromatic rings. The fourth-order valence-corrected chi connectivity index (χ4v) is 2.36. The van der Waals surface area contributed by atoms with Crippen LogP contribution in [0, 0.1) is 5.82 Å². The van der Waals surface area contributed by atoms with E-state index in [1.54, 1.807) is 0 Å². The van der Waals surface area contributed by atoms with Crippen molar-refractivity contribution in [2.24, 2.45) is 0 Å². The van der Waals surface area contributed by atoms with Gasteiger partial charge in [0.1, 0.15) is 11.6 Å². The molecule has 0 aliphatic heterocycles. The molecule has 5 nitrogen and oxygen atoms in total. The van der Waals surface area contributed by atoms with Crippen LogP contribution in [-0.4, -0.2) is 26.8 Å². The molecule has 0 unspecified atom stereocenters. The number of hydrogen-bond acceptors (Lipinski definition) is 4. The van der Waals surface area contributed by atoms with E-state index in [4.69, 9.17) is 0 Å². The number of carbonyl (C=O) groups is 1. The number of aromatic nitrogens is 3. The van der Waals surface area contributed by atoms with E-state index < -0.39 is 29.2 Å². The summed E-state index contributed by atoms with van der Waals surface area (Å²) in [5.41, 5.74) is -1.73. The highest BCUT2D eigenvalue weighted by atomic mass is 32.2. The molecule has 130 valence electrons. The van der Waals surface area contributed by atoms with Crippen LogP contribution in [0.15, 0.2) is 23.4 Å². The van der Waals surface area contributed by atoms with Crippen LogP contribution in [0.4, 0.5) is 23.2 Å². The molecule has 24 heavy (non-hydrogen) atoms. The molecule has 0 saturated heterocycles. The number of halogens is 4. The maximum atomic E-state index is 13.0. The zero-order chi connectivity index (χ0) is 17.9. The first-order valence-electron chi connectivity index (χ1n) is 6.88. The molecule has 1 amide bonds. The van der Waals surface area contributed by atoms with E-state index in [1.165, 1.54) is 0 Å². The van der Waals surface area contributed by atoms with Crippen molar-refractivity contribution in [1.29, 1.82) is 0 Å². The molecule has 1 aromatic heterocycles. The summed E-state index contributed by atoms with van der Waals surface area (Å²) < 4.78 is 51.6. The van der Waals surface area contributed by atoms with Crippen LogP contribution in [0.1, 0.15) is 31.2 Å². The number of anilines is 1. The zero-order valence-electron chi connectivity index (χ0n) is 12.7. The monoisotopic (exact) mass is 362 g/mol. The lowest BCUT2D eigenvalue weighted by atomic mass is 10.1. The van der Waals surface area contributed by atoms with Gasteiger partial charge in [-0.05, 0) is 18.2 Å². The summed E-state index contributed by atoms with van der Waals surface area (Å²) in [6.45, 7) is 3.82. The number of amides is 1. The summed E-state index contributed by atoms with van der Waals surface area (Å²) in [5.74, 6) is -1.10. The van der Waals surface area contributed by atoms with Crippen LogP contribution in [0.25, 0.3) is 0 Å². The third-order valence-corrected chi connectivity index (χ3v) is 3.77. The Kier molecular flexibility index (Phi) is 5.47. The molecule has 1 heterocycles. The summed E-state index contributed by atoms with van der Waals surface area (Å²) in [4.78, 5) is 16.0. The molecule has 10 heteroatoms. The van der Waals surface area contributed by atoms with Gasteiger partial charge in [0.25, 0.3) is 0 Å². The average Bonchev–Trinajstić information content (AvgIpc) is 2.95. The second-order valence-corrected chi connectivity index (χ2v) is 6.12. The molecular weight excluding hydrogens is 348 g/mol. The average molecular weight is 362 g/mol. The number of hydrogen-bond donors (Lipinski definition) is 2. The van der Waals surface area contributed by atoms with Gasteiger partial charge in [0.15, 0.2) is 0 Å². The number of aromatic amines is 1. The van der Waals surface area contributed by atoms with E-state index in [2.05, 4.69) is 20.5 Å². The molecule has 0 radical (unpaired) electrons. The Morgan fingerprint density at radius 1 is 1.38 bits per heavy atom. The Hall–Kier alpha value is -2.10. The van der Waals surface area contributed by atoms with Gasteiger partial charge in [0.05, 0.1) is 17.0 Å². The van der Waals surface area contributed by atoms with Crippen molar-refractivity contribution in [2.45, 2.75) is 31.1 Å². The predicted octanol–water partition coefficient (Wildman–Crippen LogP) is 3.82. The van der Waals surface area contributed by atoms with Gasteiger partial charge >= 0.3 is 6.18 Å². The number of rotatable bonds is 5. The number of thioether (sulfide) groups is 1. The maximum Gasteiger partial charge on any atom is 0.418 e. The lowest BCUT2D eigenvalue weighted by Crippen LogP contribution is -2.18. The van der Waals surface area contributed by atoms with Gasteiger partial charge in [-0.15, -0.1) is 5.10 Å². The number of benzene rings is 1. The Balaban J connectivity index is 2.02. The Bertz CT molecular complexity index is 730. The number of nitrogens with zero attached hydrogens (tertiary/aromatic N) is 2. The number of carbonyl (C=O) groups excluding carboxylic acids is 1. The molecule has 0 fully saturated rings. The van der Waals surface area contributed by atoms with Crippen molar-refractivity contribution < 1.29 is 22.4 Å². The molecule has 0 spiro atoms. The minimum absolute atomic E-state index is 0.134. The molecule has 0 bridgehead atoms. The highest BCUT2D eigenvalue weighted by Crippen LogP contribution is 2.35. The summed E-state index contributed by atoms with van der Waals surface area (Å²) in [5, 5.41) is 9.07. The standard InChI is InChI=1S/C14H14F4N4OS/c1-7(2)12-20-13(22-21-12)24-6-11(23)19-10-4-3-8(15)5-9(10)14(16,17)18/h3-5,7H,6H2,1-2H3,(H,19,23)(H,20,21,22). The smallest absolute Gasteiger partial charge is 0.325 e. The largest absolute Gasteiger partial charge is 0.418 e. The molecule has 1 aromatic carbocycles. The van der Waals surface area contributed by atoms with E-state index in [9.17, 15) is 22.4 Å². The van der Waals surface area contributed by atoms with Crippen molar-refractivity contribution in [2.75, 3.05) is 11.1 Å². The summed E-state index contributed by atoms with van der Waals surface area (Å²) in [6.07, 6.45) is -4.77. The van der Waals surface area contributed by atoms with Gasteiger partial charge in [-0.25, -0.2) is 9.37 Å². The SMILES string of the molecule is CC(C)c1nc(SCC(=O)Nc2ccc(F)cc2C(F)(F)F)n[nH]1. The lowest BCUT2D eigenvalue weighted by molar-refractivity contribution is -0.137. The van der Waals surface area contributed by atoms with Crippen LogP contribution in [-0.2, 0) is 11.0 Å². The third-order valence-electron chi connectivity index (χ3n) is 2.92. The van der Waals surface area contributed by atoms with Crippen LogP contribution in [0.5, 0.6) is 0 Å². The molecule has 2 N–H and O–H groups in total. The number of H-pyrrole nitrogens is 1. The van der Waals surface area contributed by atoms with Crippen molar-refractivity contribution in [3.05, 3.63) is 35.4 Å². The molecular formula is C14H14F4N4OS. The van der Waals surface area contributed by atoms with Crippen molar-refractivity contribution in [3.63, 3.8) is 0 Å². The van der Waals surface area contributed by atoms with E-state index >= 15 is 0 Å². The fourth-order valence-electron chi connectivity index (χ4n) is 1.76. The first-order valence-corrected chi connectivity index (χ1v) is 7.87. The topological polar surface area (TPSA) is 70.7 Å². The molecule has 0 atom stereocenters. The normalized spacial score (nSPS) is 11.8. The number of alkyl halides is 3. The Labute approximate surface area is 139 Å². The van der Waals surface area contributed by atoms with E-state index in [1.807, 2.05) is 13.8 Å². The third kappa shape index (κ3) is 4.70.